The van der Waals surface area contributed by atoms with Crippen molar-refractivity contribution in [1.29, 1.82) is 0 Å². The van der Waals surface area contributed by atoms with Crippen LogP contribution in [0.5, 0.6) is 0 Å². The molecule has 1 amide bonds. The van der Waals surface area contributed by atoms with Crippen molar-refractivity contribution >= 4 is 16.1 Å². The minimum absolute atomic E-state index is 0.0950. The number of carbonyl (C=O) groups is 1. The smallest absolute Gasteiger partial charge is 0.407 e. The van der Waals surface area contributed by atoms with E-state index in [9.17, 15) is 18.3 Å². The van der Waals surface area contributed by atoms with Crippen molar-refractivity contribution in [1.82, 2.24) is 9.62 Å². The highest BCUT2D eigenvalue weighted by Gasteiger charge is 2.44. The van der Waals surface area contributed by atoms with E-state index in [2.05, 4.69) is 16.9 Å². The maximum absolute atomic E-state index is 11.8. The molecule has 2 fully saturated rings. The summed E-state index contributed by atoms with van der Waals surface area (Å²) < 4.78 is 38.0. The summed E-state index contributed by atoms with van der Waals surface area (Å²) >= 11 is 0. The van der Waals surface area contributed by atoms with Crippen molar-refractivity contribution in [3.05, 3.63) is 35.9 Å². The van der Waals surface area contributed by atoms with Crippen LogP contribution in [-0.2, 0) is 19.5 Å². The van der Waals surface area contributed by atoms with Crippen LogP contribution in [0.2, 0.25) is 0 Å². The van der Waals surface area contributed by atoms with Gasteiger partial charge in [-0.2, -0.15) is 0 Å². The Morgan fingerprint density at radius 1 is 1.20 bits per heavy atom. The number of benzene rings is 1. The van der Waals surface area contributed by atoms with E-state index in [1.807, 2.05) is 18.2 Å². The monoisotopic (exact) mass is 440 g/mol. The Labute approximate surface area is 178 Å². The molecule has 3 unspecified atom stereocenters. The second kappa shape index (κ2) is 9.64. The summed E-state index contributed by atoms with van der Waals surface area (Å²) in [6.45, 7) is 1.92. The molecular weight excluding hydrogens is 408 g/mol. The van der Waals surface area contributed by atoms with Gasteiger partial charge in [-0.25, -0.2) is 17.9 Å². The second-order valence-electron chi connectivity index (χ2n) is 8.41. The molecule has 9 heteroatoms. The molecule has 0 spiro atoms. The van der Waals surface area contributed by atoms with Crippen LogP contribution in [0.25, 0.3) is 0 Å². The molecule has 1 saturated heterocycles. The zero-order chi connectivity index (χ0) is 21.9. The summed E-state index contributed by atoms with van der Waals surface area (Å²) in [5.41, 5.74) is 1.29. The molecule has 6 atom stereocenters. The summed E-state index contributed by atoms with van der Waals surface area (Å²) in [6.07, 6.45) is 2.79. The first-order valence-corrected chi connectivity index (χ1v) is 12.3. The fourth-order valence-corrected chi connectivity index (χ4v) is 5.68. The summed E-state index contributed by atoms with van der Waals surface area (Å²) in [5, 5.41) is 9.63. The number of hydrogen-bond donors (Lipinski definition) is 2. The summed E-state index contributed by atoms with van der Waals surface area (Å²) in [4.78, 5) is 13.1. The molecule has 1 aromatic carbocycles. The van der Waals surface area contributed by atoms with E-state index in [-0.39, 0.29) is 24.9 Å². The number of carboxylic acid groups (broad SMARTS) is 1. The fraction of sp³-hybridized carbons (Fsp3) is 0.667. The summed E-state index contributed by atoms with van der Waals surface area (Å²) in [6, 6.07) is 8.97. The quantitative estimate of drug-likeness (QED) is 0.675. The molecule has 2 N–H and O–H groups in total. The predicted octanol–water partition coefficient (Wildman–Crippen LogP) is 2.41. The van der Waals surface area contributed by atoms with Crippen LogP contribution in [0.1, 0.15) is 44.1 Å². The van der Waals surface area contributed by atoms with E-state index < -0.39 is 28.2 Å². The van der Waals surface area contributed by atoms with Crippen LogP contribution >= 0.6 is 0 Å². The van der Waals surface area contributed by atoms with Gasteiger partial charge in [0, 0.05) is 19.2 Å². The van der Waals surface area contributed by atoms with E-state index in [4.69, 9.17) is 9.47 Å². The van der Waals surface area contributed by atoms with Gasteiger partial charge < -0.3 is 14.6 Å². The van der Waals surface area contributed by atoms with Gasteiger partial charge in [0.2, 0.25) is 10.0 Å². The van der Waals surface area contributed by atoms with Crippen LogP contribution in [0.4, 0.5) is 4.79 Å². The number of rotatable bonds is 7. The van der Waals surface area contributed by atoms with Crippen LogP contribution in [0, 0.1) is 0 Å². The van der Waals surface area contributed by atoms with Crippen LogP contribution < -0.4 is 4.72 Å². The van der Waals surface area contributed by atoms with Crippen molar-refractivity contribution in [3.8, 4) is 0 Å². The maximum atomic E-state index is 11.8. The lowest BCUT2D eigenvalue weighted by atomic mass is 9.81. The van der Waals surface area contributed by atoms with E-state index in [0.29, 0.717) is 12.3 Å². The topological polar surface area (TPSA) is 105 Å². The van der Waals surface area contributed by atoms with Gasteiger partial charge >= 0.3 is 6.09 Å². The Kier molecular flexibility index (Phi) is 7.38. The third-order valence-corrected chi connectivity index (χ3v) is 6.99. The predicted molar refractivity (Wildman–Crippen MR) is 113 cm³/mol. The molecule has 2 aliphatic rings. The number of sulfonamides is 1. The highest BCUT2D eigenvalue weighted by Crippen LogP contribution is 2.36. The Hall–Kier alpha value is -1.68. The number of nitrogens with one attached hydrogen (secondary N) is 1. The molecule has 1 aromatic rings. The van der Waals surface area contributed by atoms with Crippen molar-refractivity contribution in [3.63, 3.8) is 0 Å². The molecule has 168 valence electrons. The van der Waals surface area contributed by atoms with Gasteiger partial charge in [-0.15, -0.1) is 0 Å². The van der Waals surface area contributed by atoms with E-state index in [1.165, 1.54) is 10.5 Å². The van der Waals surface area contributed by atoms with Crippen LogP contribution in [0.15, 0.2) is 30.3 Å². The molecule has 1 saturated carbocycles. The first-order chi connectivity index (χ1) is 14.2. The lowest BCUT2D eigenvalue weighted by Crippen LogP contribution is -2.50. The SMILES string of the molecule is COC1CC(c2ccccc2)CCC1OC[C@H]1[C@@H](NS(C)(=O)=O)C[C@@H](C)N1C(=O)O. The van der Waals surface area contributed by atoms with Gasteiger partial charge in [0.25, 0.3) is 0 Å². The minimum Gasteiger partial charge on any atom is -0.465 e. The molecule has 1 heterocycles. The van der Waals surface area contributed by atoms with E-state index in [0.717, 1.165) is 25.5 Å². The molecular formula is C21H32N2O6S. The fourth-order valence-electron chi connectivity index (χ4n) is 4.88. The number of amides is 1. The number of likely N-dealkylation sites (tertiary alicyclic amines) is 1. The number of ether oxygens (including phenoxy) is 2. The van der Waals surface area contributed by atoms with Gasteiger partial charge in [-0.1, -0.05) is 30.3 Å². The average molecular weight is 441 g/mol. The molecule has 0 radical (unpaired) electrons. The molecule has 30 heavy (non-hydrogen) atoms. The molecule has 0 aromatic heterocycles. The van der Waals surface area contributed by atoms with E-state index in [1.54, 1.807) is 14.0 Å². The number of hydrogen-bond acceptors (Lipinski definition) is 5. The maximum Gasteiger partial charge on any atom is 0.407 e. The highest BCUT2D eigenvalue weighted by atomic mass is 32.2. The second-order valence-corrected chi connectivity index (χ2v) is 10.2. The zero-order valence-corrected chi connectivity index (χ0v) is 18.5. The first kappa shape index (κ1) is 23.0. The average Bonchev–Trinajstić information content (AvgIpc) is 3.00. The van der Waals surface area contributed by atoms with Gasteiger partial charge in [-0.3, -0.25) is 4.90 Å². The lowest BCUT2D eigenvalue weighted by molar-refractivity contribution is -0.0910. The van der Waals surface area contributed by atoms with Crippen molar-refractivity contribution in [2.75, 3.05) is 20.0 Å². The Morgan fingerprint density at radius 2 is 1.90 bits per heavy atom. The van der Waals surface area contributed by atoms with Gasteiger partial charge in [0.1, 0.15) is 0 Å². The van der Waals surface area contributed by atoms with Crippen molar-refractivity contribution in [2.24, 2.45) is 0 Å². The molecule has 3 rings (SSSR count). The summed E-state index contributed by atoms with van der Waals surface area (Å²) in [7, 11) is -1.79. The van der Waals surface area contributed by atoms with Gasteiger partial charge in [0.15, 0.2) is 0 Å². The van der Waals surface area contributed by atoms with Crippen molar-refractivity contribution < 1.29 is 27.8 Å². The van der Waals surface area contributed by atoms with Gasteiger partial charge in [-0.05, 0) is 44.1 Å². The molecule has 1 aliphatic carbocycles. The number of nitrogens with zero attached hydrogens (tertiary/aromatic N) is 1. The first-order valence-electron chi connectivity index (χ1n) is 10.4. The number of methoxy groups -OCH3 is 1. The minimum atomic E-state index is -3.46. The Morgan fingerprint density at radius 3 is 2.50 bits per heavy atom. The summed E-state index contributed by atoms with van der Waals surface area (Å²) in [5.74, 6) is 0.401. The Balaban J connectivity index is 1.66. The van der Waals surface area contributed by atoms with Crippen molar-refractivity contribution in [2.45, 2.75) is 68.9 Å². The molecule has 1 aliphatic heterocycles. The largest absolute Gasteiger partial charge is 0.465 e. The normalized spacial score (nSPS) is 32.3. The zero-order valence-electron chi connectivity index (χ0n) is 17.7. The molecule has 0 bridgehead atoms. The van der Waals surface area contributed by atoms with Crippen LogP contribution in [0.3, 0.4) is 0 Å². The standard InChI is InChI=1S/C21H32N2O6S/c1-14-11-17(22-30(3,26)27)18(23(14)21(24)25)13-29-19-10-9-16(12-20(19)28-2)15-7-5-4-6-8-15/h4-8,14,16-20,22H,9-13H2,1-3H3,(H,24,25)/t14-,16?,17+,18+,19?,20?/m1/s1. The third-order valence-electron chi connectivity index (χ3n) is 6.26. The molecule has 8 nitrogen and oxygen atoms in total. The highest BCUT2D eigenvalue weighted by molar-refractivity contribution is 7.88. The lowest BCUT2D eigenvalue weighted by Gasteiger charge is -2.37. The van der Waals surface area contributed by atoms with Gasteiger partial charge in [0.05, 0.1) is 31.1 Å². The van der Waals surface area contributed by atoms with E-state index >= 15 is 0 Å². The third kappa shape index (κ3) is 5.51. The Bertz CT molecular complexity index is 818. The van der Waals surface area contributed by atoms with Crippen LogP contribution in [-0.4, -0.2) is 74.8 Å².